The third kappa shape index (κ3) is 2.06. The molecule has 1 aliphatic heterocycles. The fourth-order valence-electron chi connectivity index (χ4n) is 0.625. The molecule has 1 rings (SSSR count). The second-order valence-electron chi connectivity index (χ2n) is 1.72. The summed E-state index contributed by atoms with van der Waals surface area (Å²) >= 11 is 1.78. The second-order valence-corrected chi connectivity index (χ2v) is 2.66. The van der Waals surface area contributed by atoms with Gasteiger partial charge >= 0.3 is 0 Å². The van der Waals surface area contributed by atoms with Crippen LogP contribution in [-0.4, -0.2) is 12.5 Å². The van der Waals surface area contributed by atoms with E-state index < -0.39 is 0 Å². The third-order valence-electron chi connectivity index (χ3n) is 1.12. The van der Waals surface area contributed by atoms with Crippen molar-refractivity contribution in [2.45, 2.75) is 6.42 Å². The normalized spacial score (nSPS) is 17.2. The van der Waals surface area contributed by atoms with Gasteiger partial charge in [-0.25, -0.2) is 0 Å². The summed E-state index contributed by atoms with van der Waals surface area (Å²) in [5.74, 6) is 0. The van der Waals surface area contributed by atoms with E-state index >= 15 is 0 Å². The highest BCUT2D eigenvalue weighted by molar-refractivity contribution is 8.02. The molecule has 0 aromatic rings. The van der Waals surface area contributed by atoms with Gasteiger partial charge in [-0.2, -0.15) is 0 Å². The number of hydrogen-bond acceptors (Lipinski definition) is 2. The topological polar surface area (TPSA) is 12.4 Å². The Labute approximate surface area is 59.6 Å². The average molecular weight is 139 g/mol. The molecule has 0 saturated carbocycles. The molecule has 1 nitrogen and oxygen atoms in total. The number of nitrogens with zero attached hydrogens (tertiary/aromatic N) is 1. The molecule has 9 heavy (non-hydrogen) atoms. The van der Waals surface area contributed by atoms with Crippen molar-refractivity contribution in [2.24, 2.45) is 4.99 Å². The van der Waals surface area contributed by atoms with Gasteiger partial charge in [0.25, 0.3) is 0 Å². The highest BCUT2D eigenvalue weighted by Gasteiger charge is 1.90. The van der Waals surface area contributed by atoms with E-state index in [4.69, 9.17) is 0 Å². The molecule has 48 valence electrons. The second kappa shape index (κ2) is 3.51. The quantitative estimate of drug-likeness (QED) is 0.542. The van der Waals surface area contributed by atoms with Crippen LogP contribution in [0.25, 0.3) is 0 Å². The molecular weight excluding hydrogens is 130 g/mol. The number of thioether (sulfide) groups is 1. The van der Waals surface area contributed by atoms with Gasteiger partial charge < -0.3 is 0 Å². The maximum absolute atomic E-state index is 3.97. The molecule has 0 fully saturated rings. The molecule has 0 atom stereocenters. The van der Waals surface area contributed by atoms with Crippen molar-refractivity contribution >= 4 is 18.0 Å². The smallest absolute Gasteiger partial charge is 0.0275 e. The largest absolute Gasteiger partial charge is 0.265 e. The lowest BCUT2D eigenvalue weighted by atomic mass is 10.4. The summed E-state index contributed by atoms with van der Waals surface area (Å²) in [6.07, 6.45) is 10.9. The van der Waals surface area contributed by atoms with Gasteiger partial charge in [0.15, 0.2) is 0 Å². The Morgan fingerprint density at radius 2 is 2.56 bits per heavy atom. The zero-order valence-electron chi connectivity index (χ0n) is 5.37. The van der Waals surface area contributed by atoms with E-state index in [0.29, 0.717) is 0 Å². The standard InChI is InChI=1S/C7H9NS/c1-9-7-3-2-5-8-6-4-7/h2,4-6H,3H2,1H3. The molecule has 0 aromatic heterocycles. The minimum atomic E-state index is 1.03. The van der Waals surface area contributed by atoms with E-state index in [2.05, 4.69) is 17.3 Å². The first-order valence-electron chi connectivity index (χ1n) is 2.85. The van der Waals surface area contributed by atoms with Gasteiger partial charge in [0, 0.05) is 12.4 Å². The maximum Gasteiger partial charge on any atom is 0.0275 e. The summed E-state index contributed by atoms with van der Waals surface area (Å²) in [7, 11) is 0. The zero-order chi connectivity index (χ0) is 6.53. The van der Waals surface area contributed by atoms with Crippen molar-refractivity contribution in [3.05, 3.63) is 23.3 Å². The van der Waals surface area contributed by atoms with Crippen LogP contribution in [-0.2, 0) is 0 Å². The van der Waals surface area contributed by atoms with Crippen molar-refractivity contribution in [3.8, 4) is 0 Å². The minimum absolute atomic E-state index is 1.03. The summed E-state index contributed by atoms with van der Waals surface area (Å²) in [4.78, 5) is 5.34. The Bertz CT molecular complexity index is 168. The molecular formula is C7H9NS. The predicted molar refractivity (Wildman–Crippen MR) is 43.8 cm³/mol. The van der Waals surface area contributed by atoms with Crippen LogP contribution in [0.1, 0.15) is 6.42 Å². The van der Waals surface area contributed by atoms with E-state index in [0.717, 1.165) is 6.42 Å². The van der Waals surface area contributed by atoms with Gasteiger partial charge in [-0.1, -0.05) is 6.08 Å². The van der Waals surface area contributed by atoms with Crippen LogP contribution in [0.2, 0.25) is 0 Å². The molecule has 0 radical (unpaired) electrons. The minimum Gasteiger partial charge on any atom is -0.265 e. The van der Waals surface area contributed by atoms with E-state index in [1.807, 2.05) is 18.5 Å². The molecule has 0 spiro atoms. The van der Waals surface area contributed by atoms with Crippen LogP contribution >= 0.6 is 11.8 Å². The first kappa shape index (κ1) is 6.62. The Morgan fingerprint density at radius 1 is 1.67 bits per heavy atom. The average Bonchev–Trinajstić information content (AvgIpc) is 2.13. The third-order valence-corrected chi connectivity index (χ3v) is 1.95. The van der Waals surface area contributed by atoms with Gasteiger partial charge in [0.2, 0.25) is 0 Å². The molecule has 0 saturated heterocycles. The lowest BCUT2D eigenvalue weighted by Gasteiger charge is -1.93. The number of aliphatic imine (C=N–C) groups is 1. The van der Waals surface area contributed by atoms with Crippen LogP contribution in [0.15, 0.2) is 28.2 Å². The summed E-state index contributed by atoms with van der Waals surface area (Å²) in [6, 6.07) is 0. The predicted octanol–water partition coefficient (Wildman–Crippen LogP) is 2.22. The van der Waals surface area contributed by atoms with Crippen LogP contribution < -0.4 is 0 Å². The van der Waals surface area contributed by atoms with Crippen molar-refractivity contribution in [2.75, 3.05) is 6.26 Å². The van der Waals surface area contributed by atoms with Gasteiger partial charge in [-0.3, -0.25) is 4.99 Å². The molecule has 1 heterocycles. The van der Waals surface area contributed by atoms with Crippen molar-refractivity contribution in [1.82, 2.24) is 0 Å². The maximum atomic E-state index is 3.97. The molecule has 1 aliphatic rings. The van der Waals surface area contributed by atoms with Crippen molar-refractivity contribution in [1.29, 1.82) is 0 Å². The number of rotatable bonds is 1. The number of hydrogen-bond donors (Lipinski definition) is 0. The summed E-state index contributed by atoms with van der Waals surface area (Å²) in [5.41, 5.74) is 0. The van der Waals surface area contributed by atoms with Crippen molar-refractivity contribution in [3.63, 3.8) is 0 Å². The first-order chi connectivity index (χ1) is 4.43. The van der Waals surface area contributed by atoms with E-state index in [-0.39, 0.29) is 0 Å². The van der Waals surface area contributed by atoms with Crippen LogP contribution in [0.4, 0.5) is 0 Å². The molecule has 0 unspecified atom stereocenters. The van der Waals surface area contributed by atoms with Gasteiger partial charge in [0.05, 0.1) is 0 Å². The Morgan fingerprint density at radius 3 is 3.33 bits per heavy atom. The Kier molecular flexibility index (Phi) is 2.58. The monoisotopic (exact) mass is 139 g/mol. The lowest BCUT2D eigenvalue weighted by molar-refractivity contribution is 1.36. The van der Waals surface area contributed by atoms with Gasteiger partial charge in [-0.05, 0) is 23.7 Å². The highest BCUT2D eigenvalue weighted by atomic mass is 32.2. The molecule has 0 N–H and O–H groups in total. The van der Waals surface area contributed by atoms with E-state index in [1.165, 1.54) is 4.91 Å². The number of allylic oxidation sites excluding steroid dienone is 3. The Hall–Kier alpha value is -0.500. The van der Waals surface area contributed by atoms with E-state index in [1.54, 1.807) is 11.8 Å². The molecule has 0 amide bonds. The van der Waals surface area contributed by atoms with Crippen LogP contribution in [0.3, 0.4) is 0 Å². The first-order valence-corrected chi connectivity index (χ1v) is 4.07. The fourth-order valence-corrected chi connectivity index (χ4v) is 1.08. The lowest BCUT2D eigenvalue weighted by Crippen LogP contribution is -1.70. The summed E-state index contributed by atoms with van der Waals surface area (Å²) in [5, 5.41) is 0. The molecule has 0 aliphatic carbocycles. The van der Waals surface area contributed by atoms with Gasteiger partial charge in [-0.15, -0.1) is 11.8 Å². The van der Waals surface area contributed by atoms with Crippen LogP contribution in [0, 0.1) is 0 Å². The highest BCUT2D eigenvalue weighted by Crippen LogP contribution is 2.16. The van der Waals surface area contributed by atoms with Gasteiger partial charge in [0.1, 0.15) is 0 Å². The molecule has 0 bridgehead atoms. The Balaban J connectivity index is 2.62. The van der Waals surface area contributed by atoms with E-state index in [9.17, 15) is 0 Å². The SMILES string of the molecule is CSC1=CC=NC=CC1. The summed E-state index contributed by atoms with van der Waals surface area (Å²) < 4.78 is 0. The fraction of sp³-hybridized carbons (Fsp3) is 0.286. The molecule has 0 aromatic carbocycles. The zero-order valence-corrected chi connectivity index (χ0v) is 6.19. The van der Waals surface area contributed by atoms with Crippen LogP contribution in [0.5, 0.6) is 0 Å². The van der Waals surface area contributed by atoms with Crippen molar-refractivity contribution < 1.29 is 0 Å². The molecule has 2 heteroatoms. The summed E-state index contributed by atoms with van der Waals surface area (Å²) in [6.45, 7) is 0.